The van der Waals surface area contributed by atoms with Gasteiger partial charge in [0.2, 0.25) is 0 Å². The van der Waals surface area contributed by atoms with Crippen LogP contribution in [-0.4, -0.2) is 39.9 Å². The van der Waals surface area contributed by atoms with Crippen molar-refractivity contribution in [1.29, 1.82) is 0 Å². The number of aromatic nitrogens is 8. The lowest BCUT2D eigenvalue weighted by Gasteiger charge is -2.37. The van der Waals surface area contributed by atoms with Crippen molar-refractivity contribution in [2.24, 2.45) is 10.8 Å². The minimum atomic E-state index is -0.194. The second-order valence-corrected chi connectivity index (χ2v) is 13.6. The van der Waals surface area contributed by atoms with Crippen molar-refractivity contribution in [1.82, 2.24) is 39.9 Å². The zero-order valence-corrected chi connectivity index (χ0v) is 27.9. The Hall–Kier alpha value is -5.76. The smallest absolute Gasteiger partial charge is 0.164 e. The number of aromatic amines is 2. The molecule has 0 fully saturated rings. The molecule has 2 N–H and O–H groups in total. The lowest BCUT2D eigenvalue weighted by molar-refractivity contribution is 0.228. The van der Waals surface area contributed by atoms with Crippen molar-refractivity contribution in [2.45, 2.75) is 41.5 Å². The van der Waals surface area contributed by atoms with Crippen LogP contribution in [0.5, 0.6) is 0 Å². The molecule has 1 aliphatic carbocycles. The highest BCUT2D eigenvalue weighted by Gasteiger charge is 2.35. The highest BCUT2D eigenvalue weighted by molar-refractivity contribution is 6.08. The summed E-state index contributed by atoms with van der Waals surface area (Å²) < 4.78 is 0. The van der Waals surface area contributed by atoms with Crippen LogP contribution < -0.4 is 0 Å². The van der Waals surface area contributed by atoms with Crippen LogP contribution in [0.2, 0.25) is 0 Å². The van der Waals surface area contributed by atoms with Crippen LogP contribution in [0.4, 0.5) is 0 Å². The van der Waals surface area contributed by atoms with Gasteiger partial charge in [-0.05, 0) is 19.3 Å². The Morgan fingerprint density at radius 1 is 0.542 bits per heavy atom. The van der Waals surface area contributed by atoms with E-state index in [1.807, 2.05) is 62.4 Å². The summed E-state index contributed by atoms with van der Waals surface area (Å²) in [6, 6.07) is 16.3. The van der Waals surface area contributed by atoms with E-state index in [2.05, 4.69) is 86.2 Å². The number of hydrogen-bond acceptors (Lipinski definition) is 6. The zero-order chi connectivity index (χ0) is 33.2. The van der Waals surface area contributed by atoms with E-state index in [1.165, 1.54) is 0 Å². The number of benzene rings is 2. The van der Waals surface area contributed by atoms with E-state index in [1.54, 1.807) is 0 Å². The molecule has 5 aromatic rings. The molecule has 8 heteroatoms. The molecule has 0 unspecified atom stereocenters. The maximum atomic E-state index is 5.18. The summed E-state index contributed by atoms with van der Waals surface area (Å²) in [4.78, 5) is 37.7. The zero-order valence-electron chi connectivity index (χ0n) is 27.9. The molecule has 0 atom stereocenters. The van der Waals surface area contributed by atoms with Crippen LogP contribution in [0.1, 0.15) is 64.8 Å². The van der Waals surface area contributed by atoms with E-state index < -0.39 is 0 Å². The summed E-state index contributed by atoms with van der Waals surface area (Å²) in [5.74, 6) is 2.33. The van der Waals surface area contributed by atoms with Crippen molar-refractivity contribution in [3.05, 3.63) is 120 Å². The van der Waals surface area contributed by atoms with Crippen LogP contribution in [0, 0.1) is 10.8 Å². The number of H-pyrrole nitrogens is 2. The largest absolute Gasteiger partial charge is 0.324 e. The van der Waals surface area contributed by atoms with Gasteiger partial charge in [0.05, 0.1) is 0 Å². The molecule has 0 amide bonds. The Bertz CT molecular complexity index is 2360. The van der Waals surface area contributed by atoms with E-state index in [0.29, 0.717) is 45.9 Å². The maximum Gasteiger partial charge on any atom is 0.164 e. The van der Waals surface area contributed by atoms with E-state index in [4.69, 9.17) is 29.9 Å². The minimum absolute atomic E-state index is 0.0111. The van der Waals surface area contributed by atoms with Crippen molar-refractivity contribution in [3.8, 4) is 0 Å². The van der Waals surface area contributed by atoms with Crippen LogP contribution in [0.25, 0.3) is 66.4 Å². The predicted molar refractivity (Wildman–Crippen MR) is 196 cm³/mol. The topological polar surface area (TPSA) is 109 Å². The van der Waals surface area contributed by atoms with Gasteiger partial charge in [0.25, 0.3) is 0 Å². The van der Waals surface area contributed by atoms with Crippen LogP contribution >= 0.6 is 0 Å². The van der Waals surface area contributed by atoms with Crippen molar-refractivity contribution in [3.63, 3.8) is 0 Å². The first-order chi connectivity index (χ1) is 23.2. The normalized spacial score (nSPS) is 16.2. The van der Waals surface area contributed by atoms with Crippen LogP contribution in [0.3, 0.4) is 0 Å². The number of nitrogens with one attached hydrogen (secondary N) is 2. The molecule has 0 saturated carbocycles. The van der Waals surface area contributed by atoms with Crippen LogP contribution in [-0.2, 0) is 0 Å². The van der Waals surface area contributed by atoms with Gasteiger partial charge >= 0.3 is 0 Å². The predicted octanol–water partition coefficient (Wildman–Crippen LogP) is 9.35. The lowest BCUT2D eigenvalue weighted by atomic mass is 9.67. The Labute approximate surface area is 278 Å². The molecular formula is C40H36N8. The van der Waals surface area contributed by atoms with Gasteiger partial charge in [-0.2, -0.15) is 0 Å². The third kappa shape index (κ3) is 4.67. The van der Waals surface area contributed by atoms with Gasteiger partial charge in [-0.25, -0.2) is 29.9 Å². The fourth-order valence-electron chi connectivity index (χ4n) is 6.39. The SMILES string of the molecule is C/C=C\C1=C(/C=C\C)c2nc1nc1[nH]c(nc3nc(nc4[nH]c(n2)c2ccccc42)C2=C3C=CC(C)(C(C)(C)C)C=C2)c2ccccc12. The first-order valence-corrected chi connectivity index (χ1v) is 16.3. The number of rotatable bonds is 2. The monoisotopic (exact) mass is 628 g/mol. The van der Waals surface area contributed by atoms with Crippen molar-refractivity contribution in [2.75, 3.05) is 0 Å². The molecule has 0 saturated heterocycles. The maximum absolute atomic E-state index is 5.18. The molecule has 236 valence electrons. The first-order valence-electron chi connectivity index (χ1n) is 16.3. The first kappa shape index (κ1) is 29.6. The number of allylic oxidation sites excluding steroid dienone is 12. The number of hydrogen-bond donors (Lipinski definition) is 2. The Morgan fingerprint density at radius 3 is 1.25 bits per heavy atom. The Morgan fingerprint density at radius 2 is 0.896 bits per heavy atom. The summed E-state index contributed by atoms with van der Waals surface area (Å²) in [6.45, 7) is 13.0. The molecule has 2 aliphatic heterocycles. The molecule has 0 radical (unpaired) electrons. The summed E-state index contributed by atoms with van der Waals surface area (Å²) >= 11 is 0. The van der Waals surface area contributed by atoms with E-state index in [0.717, 1.165) is 43.8 Å². The molecule has 5 heterocycles. The van der Waals surface area contributed by atoms with Gasteiger partial charge in [0, 0.05) is 49.3 Å². The number of fused-ring (bicyclic) bond motifs is 16. The van der Waals surface area contributed by atoms with E-state index in [9.17, 15) is 0 Å². The highest BCUT2D eigenvalue weighted by Crippen LogP contribution is 2.45. The molecular weight excluding hydrogens is 592 g/mol. The molecule has 48 heavy (non-hydrogen) atoms. The quantitative estimate of drug-likeness (QED) is 0.202. The van der Waals surface area contributed by atoms with Crippen molar-refractivity contribution >= 4 is 66.4 Å². The third-order valence-electron chi connectivity index (χ3n) is 9.66. The third-order valence-corrected chi connectivity index (χ3v) is 9.66. The molecule has 0 spiro atoms. The average Bonchev–Trinajstić information content (AvgIpc) is 3.74. The molecule has 8 rings (SSSR count). The van der Waals surface area contributed by atoms with Gasteiger partial charge in [-0.15, -0.1) is 0 Å². The van der Waals surface area contributed by atoms with Gasteiger partial charge in [0.15, 0.2) is 23.3 Å². The summed E-state index contributed by atoms with van der Waals surface area (Å²) in [6.07, 6.45) is 16.9. The molecule has 8 bridgehead atoms. The average molecular weight is 629 g/mol. The fraction of sp³-hybridized carbons (Fsp3) is 0.200. The van der Waals surface area contributed by atoms with Crippen LogP contribution in [0.15, 0.2) is 97.1 Å². The minimum Gasteiger partial charge on any atom is -0.324 e. The fourth-order valence-corrected chi connectivity index (χ4v) is 6.39. The van der Waals surface area contributed by atoms with Gasteiger partial charge < -0.3 is 9.97 Å². The standard InChI is InChI=1S/C40H36N8/c1-7-13-23-24(14-8-2)32-41-31(23)42-33-25-15-9-11-17-27(25)35(44-33)46-37-29-19-21-40(6,39(3,4)5)22-20-30(29)38(48-37)47-36-28-18-12-10-16-26(28)34(43-32)45-36/h7-22H,1-6H3,(H2,41,42,43,44,45,46,47,48)/b13-7-,14-8-. The Balaban J connectivity index is 1.55. The van der Waals surface area contributed by atoms with Crippen molar-refractivity contribution < 1.29 is 0 Å². The Kier molecular flexibility index (Phi) is 6.73. The molecule has 8 nitrogen and oxygen atoms in total. The molecule has 3 aliphatic rings. The number of nitrogens with zero attached hydrogens (tertiary/aromatic N) is 6. The molecule has 2 aromatic carbocycles. The van der Waals surface area contributed by atoms with Gasteiger partial charge in [-0.3, -0.25) is 0 Å². The molecule has 3 aromatic heterocycles. The lowest BCUT2D eigenvalue weighted by Crippen LogP contribution is -2.28. The summed E-state index contributed by atoms with van der Waals surface area (Å²) in [5.41, 5.74) is 6.12. The van der Waals surface area contributed by atoms with E-state index >= 15 is 0 Å². The van der Waals surface area contributed by atoms with E-state index in [-0.39, 0.29) is 10.8 Å². The second kappa shape index (κ2) is 10.9. The second-order valence-electron chi connectivity index (χ2n) is 13.6. The summed E-state index contributed by atoms with van der Waals surface area (Å²) in [7, 11) is 0. The summed E-state index contributed by atoms with van der Waals surface area (Å²) in [5, 5.41) is 3.78. The highest BCUT2D eigenvalue weighted by atomic mass is 15.1. The van der Waals surface area contributed by atoms with Gasteiger partial charge in [0.1, 0.15) is 22.6 Å². The van der Waals surface area contributed by atoms with Gasteiger partial charge in [-0.1, -0.05) is 125 Å².